The highest BCUT2D eigenvalue weighted by Crippen LogP contribution is 2.27. The molecule has 1 aromatic carbocycles. The molecular weight excluding hydrogens is 262 g/mol. The predicted octanol–water partition coefficient (Wildman–Crippen LogP) is 3.11. The average Bonchev–Trinajstić information content (AvgIpc) is 2.55. The topological polar surface area (TPSA) is 45.2 Å². The molecule has 1 aliphatic heterocycles. The summed E-state index contributed by atoms with van der Waals surface area (Å²) < 4.78 is 0. The summed E-state index contributed by atoms with van der Waals surface area (Å²) in [4.78, 5) is 18.8. The molecule has 0 spiro atoms. The molecule has 0 saturated carbocycles. The number of hydrogen-bond acceptors (Lipinski definition) is 3. The Morgan fingerprint density at radius 2 is 2.14 bits per heavy atom. The zero-order valence-corrected chi connectivity index (χ0v) is 12.2. The first-order valence-electron chi connectivity index (χ1n) is 7.39. The number of amides is 1. The number of carbonyl (C=O) groups is 1. The fourth-order valence-corrected chi connectivity index (χ4v) is 2.71. The van der Waals surface area contributed by atoms with E-state index in [1.54, 1.807) is 12.3 Å². The summed E-state index contributed by atoms with van der Waals surface area (Å²) in [6.07, 6.45) is 3.75. The van der Waals surface area contributed by atoms with Crippen molar-refractivity contribution in [3.8, 4) is 0 Å². The molecule has 0 bridgehead atoms. The third-order valence-electron chi connectivity index (χ3n) is 3.72. The zero-order valence-electron chi connectivity index (χ0n) is 12.2. The van der Waals surface area contributed by atoms with Gasteiger partial charge in [0.15, 0.2) is 0 Å². The molecule has 21 heavy (non-hydrogen) atoms. The molecule has 0 radical (unpaired) electrons. The normalized spacial score (nSPS) is 13.7. The molecule has 2 aromatic rings. The lowest BCUT2D eigenvalue weighted by Gasteiger charge is -2.29. The van der Waals surface area contributed by atoms with Gasteiger partial charge in [0.2, 0.25) is 0 Å². The number of aromatic nitrogens is 1. The lowest BCUT2D eigenvalue weighted by atomic mass is 10.0. The number of para-hydroxylation sites is 1. The van der Waals surface area contributed by atoms with Gasteiger partial charge in [-0.3, -0.25) is 4.79 Å². The Balaban J connectivity index is 1.86. The van der Waals surface area contributed by atoms with E-state index in [1.165, 1.54) is 5.56 Å². The minimum Gasteiger partial charge on any atom is -0.384 e. The van der Waals surface area contributed by atoms with Crippen LogP contribution in [-0.4, -0.2) is 24.0 Å². The minimum absolute atomic E-state index is 0.0230. The maximum absolute atomic E-state index is 12.7. The van der Waals surface area contributed by atoms with Gasteiger partial charge in [0, 0.05) is 18.8 Å². The van der Waals surface area contributed by atoms with Crippen molar-refractivity contribution in [1.82, 2.24) is 4.98 Å². The lowest BCUT2D eigenvalue weighted by molar-refractivity contribution is 0.0980. The molecule has 0 aliphatic carbocycles. The first kappa shape index (κ1) is 13.6. The zero-order chi connectivity index (χ0) is 14.7. The van der Waals surface area contributed by atoms with Crippen molar-refractivity contribution in [2.45, 2.75) is 19.8 Å². The van der Waals surface area contributed by atoms with Crippen LogP contribution in [0.15, 0.2) is 42.6 Å². The molecule has 1 aromatic heterocycles. The highest BCUT2D eigenvalue weighted by atomic mass is 16.2. The van der Waals surface area contributed by atoms with Crippen LogP contribution in [0.3, 0.4) is 0 Å². The number of benzene rings is 1. The van der Waals surface area contributed by atoms with Gasteiger partial charge in [-0.05, 0) is 43.5 Å². The number of anilines is 2. The van der Waals surface area contributed by atoms with Crippen molar-refractivity contribution in [1.29, 1.82) is 0 Å². The van der Waals surface area contributed by atoms with E-state index in [2.05, 4.69) is 16.4 Å². The Morgan fingerprint density at radius 1 is 1.29 bits per heavy atom. The quantitative estimate of drug-likeness (QED) is 0.940. The molecule has 4 heteroatoms. The highest BCUT2D eigenvalue weighted by Gasteiger charge is 2.23. The van der Waals surface area contributed by atoms with E-state index >= 15 is 0 Å². The first-order chi connectivity index (χ1) is 10.3. The van der Waals surface area contributed by atoms with Crippen LogP contribution >= 0.6 is 0 Å². The van der Waals surface area contributed by atoms with Crippen LogP contribution in [0.5, 0.6) is 0 Å². The minimum atomic E-state index is -0.0230. The Morgan fingerprint density at radius 3 is 2.90 bits per heavy atom. The number of pyridine rings is 1. The third-order valence-corrected chi connectivity index (χ3v) is 3.72. The number of fused-ring (bicyclic) bond motifs is 1. The van der Waals surface area contributed by atoms with Gasteiger partial charge in [0.05, 0.1) is 11.9 Å². The van der Waals surface area contributed by atoms with Crippen molar-refractivity contribution < 1.29 is 4.79 Å². The second-order valence-corrected chi connectivity index (χ2v) is 5.15. The Bertz CT molecular complexity index is 637. The van der Waals surface area contributed by atoms with Gasteiger partial charge in [-0.2, -0.15) is 0 Å². The summed E-state index contributed by atoms with van der Waals surface area (Å²) in [6, 6.07) is 11.8. The van der Waals surface area contributed by atoms with E-state index in [1.807, 2.05) is 36.1 Å². The van der Waals surface area contributed by atoms with Crippen molar-refractivity contribution in [2.75, 3.05) is 23.3 Å². The van der Waals surface area contributed by atoms with E-state index < -0.39 is 0 Å². The SMILES string of the molecule is CCNc1ccc(C(=O)N2CCCc3ccccc32)nc1. The summed E-state index contributed by atoms with van der Waals surface area (Å²) in [5.74, 6) is -0.0230. The Hall–Kier alpha value is -2.36. The van der Waals surface area contributed by atoms with Gasteiger partial charge in [-0.25, -0.2) is 4.98 Å². The third kappa shape index (κ3) is 2.75. The fraction of sp³-hybridized carbons (Fsp3) is 0.294. The van der Waals surface area contributed by atoms with E-state index in [0.717, 1.165) is 37.3 Å². The fourth-order valence-electron chi connectivity index (χ4n) is 2.71. The summed E-state index contributed by atoms with van der Waals surface area (Å²) in [7, 11) is 0. The Labute approximate surface area is 124 Å². The molecule has 0 saturated heterocycles. The number of aryl methyl sites for hydroxylation is 1. The van der Waals surface area contributed by atoms with E-state index in [-0.39, 0.29) is 5.91 Å². The van der Waals surface area contributed by atoms with Crippen molar-refractivity contribution in [2.24, 2.45) is 0 Å². The molecule has 1 aliphatic rings. The molecule has 0 atom stereocenters. The van der Waals surface area contributed by atoms with E-state index in [4.69, 9.17) is 0 Å². The summed E-state index contributed by atoms with van der Waals surface area (Å²) in [5.41, 5.74) is 3.69. The van der Waals surface area contributed by atoms with Crippen LogP contribution in [0, 0.1) is 0 Å². The van der Waals surface area contributed by atoms with Crippen molar-refractivity contribution in [3.63, 3.8) is 0 Å². The second-order valence-electron chi connectivity index (χ2n) is 5.15. The van der Waals surface area contributed by atoms with Gasteiger partial charge in [0.1, 0.15) is 5.69 Å². The number of nitrogens with one attached hydrogen (secondary N) is 1. The van der Waals surface area contributed by atoms with Gasteiger partial charge in [-0.1, -0.05) is 18.2 Å². The van der Waals surface area contributed by atoms with Gasteiger partial charge in [-0.15, -0.1) is 0 Å². The second kappa shape index (κ2) is 5.95. The van der Waals surface area contributed by atoms with Crippen LogP contribution < -0.4 is 10.2 Å². The number of rotatable bonds is 3. The van der Waals surface area contributed by atoms with Gasteiger partial charge < -0.3 is 10.2 Å². The molecule has 2 heterocycles. The highest BCUT2D eigenvalue weighted by molar-refractivity contribution is 6.05. The number of nitrogens with zero attached hydrogens (tertiary/aromatic N) is 2. The molecule has 0 unspecified atom stereocenters. The molecule has 1 N–H and O–H groups in total. The molecule has 0 fully saturated rings. The van der Waals surface area contributed by atoms with E-state index in [9.17, 15) is 4.79 Å². The van der Waals surface area contributed by atoms with Crippen molar-refractivity contribution in [3.05, 3.63) is 53.9 Å². The molecular formula is C17H19N3O. The average molecular weight is 281 g/mol. The first-order valence-corrected chi connectivity index (χ1v) is 7.39. The Kier molecular flexibility index (Phi) is 3.86. The van der Waals surface area contributed by atoms with Crippen LogP contribution in [-0.2, 0) is 6.42 Å². The largest absolute Gasteiger partial charge is 0.384 e. The molecule has 3 rings (SSSR count). The van der Waals surface area contributed by atoms with Crippen LogP contribution in [0.2, 0.25) is 0 Å². The van der Waals surface area contributed by atoms with Crippen molar-refractivity contribution >= 4 is 17.3 Å². The van der Waals surface area contributed by atoms with Crippen LogP contribution in [0.4, 0.5) is 11.4 Å². The molecule has 1 amide bonds. The molecule has 4 nitrogen and oxygen atoms in total. The van der Waals surface area contributed by atoms with Gasteiger partial charge >= 0.3 is 0 Å². The van der Waals surface area contributed by atoms with Crippen LogP contribution in [0.1, 0.15) is 29.4 Å². The number of hydrogen-bond donors (Lipinski definition) is 1. The lowest BCUT2D eigenvalue weighted by Crippen LogP contribution is -2.35. The van der Waals surface area contributed by atoms with Gasteiger partial charge in [0.25, 0.3) is 5.91 Å². The summed E-state index contributed by atoms with van der Waals surface area (Å²) in [5, 5.41) is 3.18. The smallest absolute Gasteiger partial charge is 0.276 e. The maximum atomic E-state index is 12.7. The number of carbonyl (C=O) groups excluding carboxylic acids is 1. The maximum Gasteiger partial charge on any atom is 0.276 e. The predicted molar refractivity (Wildman–Crippen MR) is 84.8 cm³/mol. The summed E-state index contributed by atoms with van der Waals surface area (Å²) in [6.45, 7) is 3.63. The monoisotopic (exact) mass is 281 g/mol. The van der Waals surface area contributed by atoms with Crippen LogP contribution in [0.25, 0.3) is 0 Å². The standard InChI is InChI=1S/C17H19N3O/c1-2-18-14-9-10-15(19-12-14)17(21)20-11-5-7-13-6-3-4-8-16(13)20/h3-4,6,8-10,12,18H,2,5,7,11H2,1H3. The molecule has 108 valence electrons. The summed E-state index contributed by atoms with van der Waals surface area (Å²) >= 11 is 0. The van der Waals surface area contributed by atoms with E-state index in [0.29, 0.717) is 5.69 Å².